The lowest BCUT2D eigenvalue weighted by Crippen LogP contribution is -2.41. The number of nitrogens with one attached hydrogen (secondary N) is 1. The van der Waals surface area contributed by atoms with Gasteiger partial charge >= 0.3 is 0 Å². The Morgan fingerprint density at radius 2 is 2.19 bits per heavy atom. The lowest BCUT2D eigenvalue weighted by atomic mass is 10.2. The zero-order chi connectivity index (χ0) is 11.4. The smallest absolute Gasteiger partial charge is 0.238 e. The second-order valence-corrected chi connectivity index (χ2v) is 4.86. The minimum atomic E-state index is -0.124. The maximum absolute atomic E-state index is 11.6. The average molecular weight is 263 g/mol. The molecule has 1 aromatic heterocycles. The van der Waals surface area contributed by atoms with Gasteiger partial charge in [0.1, 0.15) is 0 Å². The summed E-state index contributed by atoms with van der Waals surface area (Å²) in [6, 6.07) is 1.97. The molecule has 0 bridgehead atoms. The molecule has 1 heterocycles. The number of thiophene rings is 1. The summed E-state index contributed by atoms with van der Waals surface area (Å²) >= 11 is 1.72. The molecule has 92 valence electrons. The van der Waals surface area contributed by atoms with E-state index in [-0.39, 0.29) is 24.4 Å². The van der Waals surface area contributed by atoms with Crippen LogP contribution in [-0.4, -0.2) is 30.9 Å². The van der Waals surface area contributed by atoms with Crippen LogP contribution in [0.1, 0.15) is 17.4 Å². The van der Waals surface area contributed by atoms with Gasteiger partial charge in [-0.25, -0.2) is 0 Å². The first kappa shape index (κ1) is 15.4. The highest BCUT2D eigenvalue weighted by Crippen LogP contribution is 2.15. The van der Waals surface area contributed by atoms with Crippen molar-refractivity contribution in [3.63, 3.8) is 0 Å². The van der Waals surface area contributed by atoms with Gasteiger partial charge in [-0.05, 0) is 30.9 Å². The van der Waals surface area contributed by atoms with Crippen molar-refractivity contribution >= 4 is 29.7 Å². The number of carbonyl (C=O) groups is 1. The van der Waals surface area contributed by atoms with E-state index in [0.717, 1.165) is 6.54 Å². The highest BCUT2D eigenvalue weighted by Gasteiger charge is 2.14. The molecule has 5 heteroatoms. The van der Waals surface area contributed by atoms with Crippen molar-refractivity contribution in [1.29, 1.82) is 0 Å². The highest BCUT2D eigenvalue weighted by atomic mass is 35.5. The normalized spacial score (nSPS) is 11.8. The predicted octanol–water partition coefficient (Wildman–Crippen LogP) is 2.04. The maximum Gasteiger partial charge on any atom is 0.238 e. The van der Waals surface area contributed by atoms with Gasteiger partial charge in [0, 0.05) is 25.5 Å². The van der Waals surface area contributed by atoms with Gasteiger partial charge in [0.25, 0.3) is 0 Å². The molecule has 1 amide bonds. The van der Waals surface area contributed by atoms with E-state index < -0.39 is 0 Å². The predicted molar refractivity (Wildman–Crippen MR) is 71.3 cm³/mol. The van der Waals surface area contributed by atoms with E-state index in [0.29, 0.717) is 0 Å². The SMILES string of the molecule is Cc1ccsc1CN[C@H](C)C(=O)N(C)C.Cl. The van der Waals surface area contributed by atoms with Crippen molar-refractivity contribution in [2.75, 3.05) is 14.1 Å². The molecule has 0 spiro atoms. The molecule has 1 atom stereocenters. The van der Waals surface area contributed by atoms with Crippen LogP contribution in [0.3, 0.4) is 0 Å². The fourth-order valence-electron chi connectivity index (χ4n) is 1.31. The molecule has 0 saturated carbocycles. The van der Waals surface area contributed by atoms with Gasteiger partial charge < -0.3 is 10.2 Å². The van der Waals surface area contributed by atoms with E-state index in [4.69, 9.17) is 0 Å². The lowest BCUT2D eigenvalue weighted by Gasteiger charge is -2.17. The van der Waals surface area contributed by atoms with Gasteiger partial charge in [-0.3, -0.25) is 4.79 Å². The molecular formula is C11H19ClN2OS. The average Bonchev–Trinajstić information content (AvgIpc) is 2.59. The van der Waals surface area contributed by atoms with Crippen LogP contribution in [0, 0.1) is 6.92 Å². The van der Waals surface area contributed by atoms with Crippen LogP contribution in [0.2, 0.25) is 0 Å². The molecular weight excluding hydrogens is 244 g/mol. The fourth-order valence-corrected chi connectivity index (χ4v) is 2.16. The summed E-state index contributed by atoms with van der Waals surface area (Å²) in [4.78, 5) is 14.5. The van der Waals surface area contributed by atoms with Crippen LogP contribution in [0.5, 0.6) is 0 Å². The van der Waals surface area contributed by atoms with E-state index in [1.54, 1.807) is 30.3 Å². The first-order valence-corrected chi connectivity index (χ1v) is 5.88. The molecule has 16 heavy (non-hydrogen) atoms. The number of carbonyl (C=O) groups excluding carboxylic acids is 1. The zero-order valence-electron chi connectivity index (χ0n) is 10.1. The molecule has 0 unspecified atom stereocenters. The van der Waals surface area contributed by atoms with Gasteiger partial charge in [0.15, 0.2) is 0 Å². The summed E-state index contributed by atoms with van der Waals surface area (Å²) in [5, 5.41) is 5.30. The van der Waals surface area contributed by atoms with Crippen LogP contribution in [0.25, 0.3) is 0 Å². The number of rotatable bonds is 4. The van der Waals surface area contributed by atoms with Crippen LogP contribution in [0.4, 0.5) is 0 Å². The number of halogens is 1. The van der Waals surface area contributed by atoms with Gasteiger partial charge in [-0.2, -0.15) is 0 Å². The number of likely N-dealkylation sites (N-methyl/N-ethyl adjacent to an activating group) is 1. The Hall–Kier alpha value is -0.580. The van der Waals surface area contributed by atoms with Crippen molar-refractivity contribution in [3.05, 3.63) is 21.9 Å². The van der Waals surface area contributed by atoms with E-state index in [1.807, 2.05) is 6.92 Å². The van der Waals surface area contributed by atoms with Crippen molar-refractivity contribution in [2.24, 2.45) is 0 Å². The number of hydrogen-bond acceptors (Lipinski definition) is 3. The number of aryl methyl sites for hydroxylation is 1. The molecule has 0 aromatic carbocycles. The maximum atomic E-state index is 11.6. The van der Waals surface area contributed by atoms with E-state index >= 15 is 0 Å². The lowest BCUT2D eigenvalue weighted by molar-refractivity contribution is -0.130. The third kappa shape index (κ3) is 4.12. The zero-order valence-corrected chi connectivity index (χ0v) is 11.7. The third-order valence-electron chi connectivity index (χ3n) is 2.35. The van der Waals surface area contributed by atoms with Gasteiger partial charge in [0.05, 0.1) is 6.04 Å². The molecule has 0 aliphatic carbocycles. The van der Waals surface area contributed by atoms with Crippen LogP contribution < -0.4 is 5.32 Å². The molecule has 1 aromatic rings. The van der Waals surface area contributed by atoms with Crippen LogP contribution >= 0.6 is 23.7 Å². The standard InChI is InChI=1S/C11H18N2OS.ClH/c1-8-5-6-15-10(8)7-12-9(2)11(14)13(3)4;/h5-6,9,12H,7H2,1-4H3;1H/t9-;/m1./s1. The Kier molecular flexibility index (Phi) is 6.64. The van der Waals surface area contributed by atoms with Crippen molar-refractivity contribution in [2.45, 2.75) is 26.4 Å². The molecule has 0 aliphatic heterocycles. The van der Waals surface area contributed by atoms with Crippen LogP contribution in [0.15, 0.2) is 11.4 Å². The monoisotopic (exact) mass is 262 g/mol. The second-order valence-electron chi connectivity index (χ2n) is 3.86. The molecule has 0 radical (unpaired) electrons. The largest absolute Gasteiger partial charge is 0.347 e. The first-order chi connectivity index (χ1) is 7.02. The number of nitrogens with zero attached hydrogens (tertiary/aromatic N) is 1. The van der Waals surface area contributed by atoms with E-state index in [1.165, 1.54) is 10.4 Å². The third-order valence-corrected chi connectivity index (χ3v) is 3.37. The van der Waals surface area contributed by atoms with Crippen molar-refractivity contribution in [1.82, 2.24) is 10.2 Å². The first-order valence-electron chi connectivity index (χ1n) is 5.00. The summed E-state index contributed by atoms with van der Waals surface area (Å²) in [6.45, 7) is 4.75. The summed E-state index contributed by atoms with van der Waals surface area (Å²) in [7, 11) is 3.55. The molecule has 0 saturated heterocycles. The van der Waals surface area contributed by atoms with Gasteiger partial charge in [-0.15, -0.1) is 23.7 Å². The van der Waals surface area contributed by atoms with Gasteiger partial charge in [0.2, 0.25) is 5.91 Å². The molecule has 3 nitrogen and oxygen atoms in total. The highest BCUT2D eigenvalue weighted by molar-refractivity contribution is 7.10. The molecule has 1 N–H and O–H groups in total. The minimum Gasteiger partial charge on any atom is -0.347 e. The van der Waals surface area contributed by atoms with E-state index in [9.17, 15) is 4.79 Å². The minimum absolute atomic E-state index is 0. The second kappa shape index (κ2) is 6.89. The molecule has 1 rings (SSSR count). The molecule has 0 fully saturated rings. The van der Waals surface area contributed by atoms with Crippen molar-refractivity contribution < 1.29 is 4.79 Å². The number of hydrogen-bond donors (Lipinski definition) is 1. The molecule has 0 aliphatic rings. The van der Waals surface area contributed by atoms with E-state index in [2.05, 4.69) is 23.7 Å². The summed E-state index contributed by atoms with van der Waals surface area (Å²) in [6.07, 6.45) is 0. The quantitative estimate of drug-likeness (QED) is 0.901. The Bertz CT molecular complexity index is 338. The van der Waals surface area contributed by atoms with Crippen LogP contribution in [-0.2, 0) is 11.3 Å². The summed E-state index contributed by atoms with van der Waals surface area (Å²) < 4.78 is 0. The Morgan fingerprint density at radius 3 is 2.62 bits per heavy atom. The Labute approximate surface area is 107 Å². The topological polar surface area (TPSA) is 32.3 Å². The fraction of sp³-hybridized carbons (Fsp3) is 0.545. The summed E-state index contributed by atoms with van der Waals surface area (Å²) in [5.41, 5.74) is 1.29. The Morgan fingerprint density at radius 1 is 1.56 bits per heavy atom. The summed E-state index contributed by atoms with van der Waals surface area (Å²) in [5.74, 6) is 0.115. The van der Waals surface area contributed by atoms with Gasteiger partial charge in [-0.1, -0.05) is 0 Å². The Balaban J connectivity index is 0.00000225. The van der Waals surface area contributed by atoms with Crippen molar-refractivity contribution in [3.8, 4) is 0 Å². The number of amides is 1.